The van der Waals surface area contributed by atoms with Gasteiger partial charge in [-0.2, -0.15) is 5.26 Å². The molecule has 1 N–H and O–H groups in total. The number of rotatable bonds is 6. The highest BCUT2D eigenvalue weighted by Crippen LogP contribution is 2.31. The quantitative estimate of drug-likeness (QED) is 0.272. The Hall–Kier alpha value is -4.07. The van der Waals surface area contributed by atoms with Gasteiger partial charge in [-0.1, -0.05) is 72.3 Å². The van der Waals surface area contributed by atoms with E-state index >= 15 is 0 Å². The number of nitrogens with one attached hydrogen (secondary N) is 1. The Labute approximate surface area is 191 Å². The first kappa shape index (κ1) is 21.2. The topological polar surface area (TPSA) is 62.1 Å². The molecule has 0 atom stereocenters. The summed E-state index contributed by atoms with van der Waals surface area (Å²) in [4.78, 5) is 12.8. The standard InChI is InChI=1S/C27H19ClN2O2/c28-22-9-6-7-19(15-22)18-32-26-14-13-20-8-4-5-12-24(20)25(26)16-21(17-29)27(31)30-23-10-2-1-3-11-23/h1-16H,18H2,(H,30,31)/b21-16+. The largest absolute Gasteiger partial charge is 0.488 e. The number of benzene rings is 4. The predicted molar refractivity (Wildman–Crippen MR) is 128 cm³/mol. The second-order valence-corrected chi connectivity index (χ2v) is 7.54. The number of halogens is 1. The smallest absolute Gasteiger partial charge is 0.266 e. The van der Waals surface area contributed by atoms with Gasteiger partial charge >= 0.3 is 0 Å². The summed E-state index contributed by atoms with van der Waals surface area (Å²) in [5.74, 6) is 0.0939. The number of nitriles is 1. The van der Waals surface area contributed by atoms with Crippen molar-refractivity contribution in [3.8, 4) is 11.8 Å². The molecule has 0 aromatic heterocycles. The van der Waals surface area contributed by atoms with Crippen molar-refractivity contribution in [1.29, 1.82) is 5.26 Å². The van der Waals surface area contributed by atoms with E-state index in [2.05, 4.69) is 5.32 Å². The second kappa shape index (κ2) is 9.82. The van der Waals surface area contributed by atoms with Crippen LogP contribution in [0, 0.1) is 11.3 Å². The number of fused-ring (bicyclic) bond motifs is 1. The fourth-order valence-corrected chi connectivity index (χ4v) is 3.56. The summed E-state index contributed by atoms with van der Waals surface area (Å²) in [7, 11) is 0. The number of hydrogen-bond acceptors (Lipinski definition) is 3. The van der Waals surface area contributed by atoms with Crippen molar-refractivity contribution in [1.82, 2.24) is 0 Å². The zero-order valence-corrected chi connectivity index (χ0v) is 17.8. The Balaban J connectivity index is 1.70. The van der Waals surface area contributed by atoms with Crippen molar-refractivity contribution in [2.75, 3.05) is 5.32 Å². The van der Waals surface area contributed by atoms with Gasteiger partial charge in [-0.3, -0.25) is 4.79 Å². The van der Waals surface area contributed by atoms with Crippen LogP contribution in [0.1, 0.15) is 11.1 Å². The maximum Gasteiger partial charge on any atom is 0.266 e. The minimum absolute atomic E-state index is 0.0159. The molecule has 0 aliphatic carbocycles. The molecule has 156 valence electrons. The molecule has 4 aromatic carbocycles. The Kier molecular flexibility index (Phi) is 6.50. The Bertz CT molecular complexity index is 1340. The van der Waals surface area contributed by atoms with E-state index in [1.54, 1.807) is 24.3 Å². The molecule has 0 saturated carbocycles. The van der Waals surface area contributed by atoms with Crippen molar-refractivity contribution < 1.29 is 9.53 Å². The maximum absolute atomic E-state index is 12.8. The van der Waals surface area contributed by atoms with E-state index in [1.807, 2.05) is 78.9 Å². The third-order valence-corrected chi connectivity index (χ3v) is 5.13. The molecule has 4 rings (SSSR count). The summed E-state index contributed by atoms with van der Waals surface area (Å²) in [5.41, 5.74) is 2.19. The number of hydrogen-bond donors (Lipinski definition) is 1. The zero-order chi connectivity index (χ0) is 22.3. The van der Waals surface area contributed by atoms with Gasteiger partial charge < -0.3 is 10.1 Å². The first-order valence-corrected chi connectivity index (χ1v) is 10.4. The highest BCUT2D eigenvalue weighted by Gasteiger charge is 2.14. The number of carbonyl (C=O) groups is 1. The van der Waals surface area contributed by atoms with E-state index in [1.165, 1.54) is 0 Å². The van der Waals surface area contributed by atoms with E-state index in [4.69, 9.17) is 16.3 Å². The number of ether oxygens (including phenoxy) is 1. The molecular weight excluding hydrogens is 420 g/mol. The molecule has 32 heavy (non-hydrogen) atoms. The summed E-state index contributed by atoms with van der Waals surface area (Å²) in [6.07, 6.45) is 1.58. The average Bonchev–Trinajstić information content (AvgIpc) is 2.82. The van der Waals surface area contributed by atoms with E-state index in [0.29, 0.717) is 28.6 Å². The van der Waals surface area contributed by atoms with E-state index in [0.717, 1.165) is 16.3 Å². The summed E-state index contributed by atoms with van der Waals surface area (Å²) in [6, 6.07) is 30.1. The van der Waals surface area contributed by atoms with Crippen LogP contribution in [0.25, 0.3) is 16.8 Å². The summed E-state index contributed by atoms with van der Waals surface area (Å²) < 4.78 is 6.09. The lowest BCUT2D eigenvalue weighted by molar-refractivity contribution is -0.112. The first-order valence-electron chi connectivity index (χ1n) is 10.0. The molecule has 0 fully saturated rings. The molecule has 0 heterocycles. The average molecular weight is 439 g/mol. The van der Waals surface area contributed by atoms with Gasteiger partial charge in [-0.25, -0.2) is 0 Å². The zero-order valence-electron chi connectivity index (χ0n) is 17.1. The predicted octanol–water partition coefficient (Wildman–Crippen LogP) is 6.62. The number of amides is 1. The van der Waals surface area contributed by atoms with E-state index < -0.39 is 5.91 Å². The Morgan fingerprint density at radius 1 is 0.969 bits per heavy atom. The number of anilines is 1. The van der Waals surface area contributed by atoms with Crippen LogP contribution in [0.3, 0.4) is 0 Å². The minimum atomic E-state index is -0.479. The van der Waals surface area contributed by atoms with Gasteiger partial charge in [0, 0.05) is 16.3 Å². The summed E-state index contributed by atoms with van der Waals surface area (Å²) in [5, 5.41) is 15.0. The van der Waals surface area contributed by atoms with Gasteiger partial charge in [0.25, 0.3) is 5.91 Å². The van der Waals surface area contributed by atoms with Gasteiger partial charge in [-0.15, -0.1) is 0 Å². The van der Waals surface area contributed by atoms with Gasteiger partial charge in [0.2, 0.25) is 0 Å². The lowest BCUT2D eigenvalue weighted by Crippen LogP contribution is -2.13. The van der Waals surface area contributed by atoms with Gasteiger partial charge in [0.15, 0.2) is 0 Å². The molecule has 4 aromatic rings. The van der Waals surface area contributed by atoms with Crippen LogP contribution >= 0.6 is 11.6 Å². The monoisotopic (exact) mass is 438 g/mol. The number of para-hydroxylation sites is 1. The lowest BCUT2D eigenvalue weighted by atomic mass is 10.0. The molecule has 0 saturated heterocycles. The van der Waals surface area contributed by atoms with Crippen LogP contribution in [-0.4, -0.2) is 5.91 Å². The van der Waals surface area contributed by atoms with Crippen molar-refractivity contribution in [2.45, 2.75) is 6.61 Å². The molecule has 0 unspecified atom stereocenters. The fraction of sp³-hybridized carbons (Fsp3) is 0.0370. The van der Waals surface area contributed by atoms with Crippen LogP contribution in [0.4, 0.5) is 5.69 Å². The summed E-state index contributed by atoms with van der Waals surface area (Å²) in [6.45, 7) is 0.303. The van der Waals surface area contributed by atoms with Gasteiger partial charge in [-0.05, 0) is 52.7 Å². The minimum Gasteiger partial charge on any atom is -0.488 e. The molecule has 0 aliphatic heterocycles. The van der Waals surface area contributed by atoms with Crippen molar-refractivity contribution in [3.05, 3.63) is 113 Å². The van der Waals surface area contributed by atoms with Crippen molar-refractivity contribution >= 4 is 40.0 Å². The van der Waals surface area contributed by atoms with E-state index in [9.17, 15) is 10.1 Å². The lowest BCUT2D eigenvalue weighted by Gasteiger charge is -2.13. The number of carbonyl (C=O) groups excluding carboxylic acids is 1. The maximum atomic E-state index is 12.8. The van der Waals surface area contributed by atoms with Crippen LogP contribution in [0.5, 0.6) is 5.75 Å². The normalized spacial score (nSPS) is 11.1. The summed E-state index contributed by atoms with van der Waals surface area (Å²) >= 11 is 6.08. The molecule has 0 radical (unpaired) electrons. The van der Waals surface area contributed by atoms with Gasteiger partial charge in [0.05, 0.1) is 0 Å². The third kappa shape index (κ3) is 4.97. The molecule has 0 bridgehead atoms. The van der Waals surface area contributed by atoms with E-state index in [-0.39, 0.29) is 5.57 Å². The second-order valence-electron chi connectivity index (χ2n) is 7.11. The molecular formula is C27H19ClN2O2. The van der Waals surface area contributed by atoms with Crippen molar-refractivity contribution in [3.63, 3.8) is 0 Å². The van der Waals surface area contributed by atoms with Crippen LogP contribution in [-0.2, 0) is 11.4 Å². The van der Waals surface area contributed by atoms with Crippen LogP contribution < -0.4 is 10.1 Å². The number of nitrogens with zero attached hydrogens (tertiary/aromatic N) is 1. The highest BCUT2D eigenvalue weighted by atomic mass is 35.5. The van der Waals surface area contributed by atoms with Gasteiger partial charge in [0.1, 0.15) is 24.0 Å². The van der Waals surface area contributed by atoms with Crippen molar-refractivity contribution in [2.24, 2.45) is 0 Å². The molecule has 4 nitrogen and oxygen atoms in total. The Morgan fingerprint density at radius 3 is 2.53 bits per heavy atom. The fourth-order valence-electron chi connectivity index (χ4n) is 3.35. The Morgan fingerprint density at radius 2 is 1.75 bits per heavy atom. The molecule has 1 amide bonds. The van der Waals surface area contributed by atoms with Crippen LogP contribution in [0.2, 0.25) is 5.02 Å². The highest BCUT2D eigenvalue weighted by molar-refractivity contribution is 6.30. The first-order chi connectivity index (χ1) is 15.6. The SMILES string of the molecule is N#C/C(=C\c1c(OCc2cccc(Cl)c2)ccc2ccccc12)C(=O)Nc1ccccc1. The molecule has 0 aliphatic rings. The van der Waals surface area contributed by atoms with Crippen LogP contribution in [0.15, 0.2) is 96.6 Å². The molecule has 5 heteroatoms. The third-order valence-electron chi connectivity index (χ3n) is 4.90. The molecule has 0 spiro atoms.